The fraction of sp³-hybridized carbons (Fsp3) is 0.364. The first kappa shape index (κ1) is 14.0. The van der Waals surface area contributed by atoms with Crippen molar-refractivity contribution in [2.24, 2.45) is 0 Å². The molecule has 0 radical (unpaired) electrons. The fourth-order valence-electron chi connectivity index (χ4n) is 1.45. The summed E-state index contributed by atoms with van der Waals surface area (Å²) in [6, 6.07) is 2.31. The Morgan fingerprint density at radius 1 is 1.61 bits per heavy atom. The van der Waals surface area contributed by atoms with Crippen LogP contribution in [0.5, 0.6) is 0 Å². The highest BCUT2D eigenvalue weighted by molar-refractivity contribution is 5.72. The lowest BCUT2D eigenvalue weighted by molar-refractivity contribution is -0.385. The Hall–Kier alpha value is -2.02. The van der Waals surface area contributed by atoms with Gasteiger partial charge in [-0.25, -0.2) is 4.39 Å². The summed E-state index contributed by atoms with van der Waals surface area (Å²) in [5.41, 5.74) is -0.0727. The molecule has 0 amide bonds. The number of hydrogen-bond donors (Lipinski definition) is 1. The summed E-state index contributed by atoms with van der Waals surface area (Å²) in [4.78, 5) is 22.3. The van der Waals surface area contributed by atoms with Gasteiger partial charge in [0.05, 0.1) is 4.92 Å². The summed E-state index contributed by atoms with van der Waals surface area (Å²) in [6.45, 7) is 1.44. The minimum absolute atomic E-state index is 0.0124. The molecule has 98 valence electrons. The first-order valence-corrected chi connectivity index (χ1v) is 5.18. The monoisotopic (exact) mass is 256 g/mol. The number of benzene rings is 1. The van der Waals surface area contributed by atoms with Crippen molar-refractivity contribution in [2.75, 3.05) is 7.05 Å². The molecule has 6 nitrogen and oxygen atoms in total. The summed E-state index contributed by atoms with van der Waals surface area (Å²) in [7, 11) is 1.51. The second kappa shape index (κ2) is 5.54. The Kier molecular flexibility index (Phi) is 4.33. The highest BCUT2D eigenvalue weighted by Gasteiger charge is 2.21. The quantitative estimate of drug-likeness (QED) is 0.639. The zero-order valence-corrected chi connectivity index (χ0v) is 9.96. The van der Waals surface area contributed by atoms with Crippen molar-refractivity contribution in [1.82, 2.24) is 4.90 Å². The molecule has 0 bridgehead atoms. The topological polar surface area (TPSA) is 83.7 Å². The number of carbonyl (C=O) groups is 1. The Balaban J connectivity index is 2.99. The molecule has 0 heterocycles. The zero-order chi connectivity index (χ0) is 13.9. The van der Waals surface area contributed by atoms with E-state index in [4.69, 9.17) is 5.11 Å². The van der Waals surface area contributed by atoms with Crippen LogP contribution < -0.4 is 0 Å². The SMILES string of the molecule is CC(C(=O)O)N(C)Cc1cc(F)ccc1[N+](=O)[O-]. The number of nitro groups is 1. The maximum Gasteiger partial charge on any atom is 0.320 e. The lowest BCUT2D eigenvalue weighted by Gasteiger charge is -2.20. The van der Waals surface area contributed by atoms with Crippen LogP contribution in [0.3, 0.4) is 0 Å². The van der Waals surface area contributed by atoms with Crippen molar-refractivity contribution in [3.63, 3.8) is 0 Å². The highest BCUT2D eigenvalue weighted by atomic mass is 19.1. The number of aliphatic carboxylic acids is 1. The number of halogens is 1. The normalized spacial score (nSPS) is 12.4. The van der Waals surface area contributed by atoms with E-state index in [-0.39, 0.29) is 17.8 Å². The van der Waals surface area contributed by atoms with Crippen LogP contribution >= 0.6 is 0 Å². The van der Waals surface area contributed by atoms with Gasteiger partial charge in [-0.1, -0.05) is 0 Å². The molecule has 1 unspecified atom stereocenters. The molecule has 1 N–H and O–H groups in total. The second-order valence-corrected chi connectivity index (χ2v) is 3.96. The molecular weight excluding hydrogens is 243 g/mol. The molecular formula is C11H13FN2O4. The van der Waals surface area contributed by atoms with E-state index in [9.17, 15) is 19.3 Å². The number of hydrogen-bond acceptors (Lipinski definition) is 4. The summed E-state index contributed by atoms with van der Waals surface area (Å²) in [5, 5.41) is 19.6. The van der Waals surface area contributed by atoms with Crippen LogP contribution in [0.15, 0.2) is 18.2 Å². The van der Waals surface area contributed by atoms with Gasteiger partial charge < -0.3 is 5.11 Å². The molecule has 0 aromatic heterocycles. The molecule has 1 rings (SSSR count). The highest BCUT2D eigenvalue weighted by Crippen LogP contribution is 2.21. The van der Waals surface area contributed by atoms with Crippen molar-refractivity contribution in [2.45, 2.75) is 19.5 Å². The third-order valence-electron chi connectivity index (χ3n) is 2.68. The average Bonchev–Trinajstić information content (AvgIpc) is 2.27. The van der Waals surface area contributed by atoms with Crippen LogP contribution in [0, 0.1) is 15.9 Å². The van der Waals surface area contributed by atoms with Crippen LogP contribution in [0.1, 0.15) is 12.5 Å². The second-order valence-electron chi connectivity index (χ2n) is 3.96. The molecule has 0 fully saturated rings. The maximum atomic E-state index is 13.1. The molecule has 0 spiro atoms. The molecule has 0 aliphatic carbocycles. The van der Waals surface area contributed by atoms with E-state index in [0.717, 1.165) is 18.2 Å². The number of likely N-dealkylation sites (N-methyl/N-ethyl adjacent to an activating group) is 1. The van der Waals surface area contributed by atoms with E-state index in [1.54, 1.807) is 0 Å². The van der Waals surface area contributed by atoms with E-state index < -0.39 is 22.8 Å². The van der Waals surface area contributed by atoms with Gasteiger partial charge in [0.25, 0.3) is 5.69 Å². The van der Waals surface area contributed by atoms with Crippen molar-refractivity contribution in [3.05, 3.63) is 39.7 Å². The summed E-state index contributed by atoms with van der Waals surface area (Å²) in [6.07, 6.45) is 0. The third-order valence-corrected chi connectivity index (χ3v) is 2.68. The van der Waals surface area contributed by atoms with Crippen LogP contribution in [-0.4, -0.2) is 34.0 Å². The number of nitro benzene ring substituents is 1. The third kappa shape index (κ3) is 3.24. The van der Waals surface area contributed by atoms with Gasteiger partial charge in [-0.2, -0.15) is 0 Å². The van der Waals surface area contributed by atoms with Crippen LogP contribution in [0.4, 0.5) is 10.1 Å². The van der Waals surface area contributed by atoms with E-state index in [1.807, 2.05) is 0 Å². The largest absolute Gasteiger partial charge is 0.480 e. The lowest BCUT2D eigenvalue weighted by Crippen LogP contribution is -2.35. The minimum Gasteiger partial charge on any atom is -0.480 e. The Morgan fingerprint density at radius 2 is 2.22 bits per heavy atom. The number of rotatable bonds is 5. The molecule has 0 aliphatic heterocycles. The molecule has 1 aromatic rings. The predicted molar refractivity (Wildman–Crippen MR) is 61.6 cm³/mol. The van der Waals surface area contributed by atoms with Crippen molar-refractivity contribution >= 4 is 11.7 Å². The van der Waals surface area contributed by atoms with E-state index in [2.05, 4.69) is 0 Å². The van der Waals surface area contributed by atoms with Crippen molar-refractivity contribution in [3.8, 4) is 0 Å². The van der Waals surface area contributed by atoms with E-state index >= 15 is 0 Å². The summed E-state index contributed by atoms with van der Waals surface area (Å²) in [5.74, 6) is -1.64. The van der Waals surface area contributed by atoms with Crippen LogP contribution in [0.25, 0.3) is 0 Å². The zero-order valence-electron chi connectivity index (χ0n) is 9.96. The van der Waals surface area contributed by atoms with Crippen molar-refractivity contribution < 1.29 is 19.2 Å². The van der Waals surface area contributed by atoms with Gasteiger partial charge in [0.15, 0.2) is 0 Å². The molecule has 1 aromatic carbocycles. The predicted octanol–water partition coefficient (Wildman–Crippen LogP) is 1.64. The van der Waals surface area contributed by atoms with E-state index in [0.29, 0.717) is 0 Å². The Labute approximate surface area is 103 Å². The van der Waals surface area contributed by atoms with Gasteiger partial charge in [0, 0.05) is 18.2 Å². The molecule has 0 saturated carbocycles. The molecule has 0 saturated heterocycles. The average molecular weight is 256 g/mol. The lowest BCUT2D eigenvalue weighted by atomic mass is 10.1. The number of carboxylic acid groups (broad SMARTS) is 1. The Morgan fingerprint density at radius 3 is 2.72 bits per heavy atom. The molecule has 1 atom stereocenters. The van der Waals surface area contributed by atoms with Gasteiger partial charge >= 0.3 is 5.97 Å². The van der Waals surface area contributed by atoms with Gasteiger partial charge in [-0.05, 0) is 26.1 Å². The van der Waals surface area contributed by atoms with Crippen molar-refractivity contribution in [1.29, 1.82) is 0 Å². The van der Waals surface area contributed by atoms with Gasteiger partial charge in [0.1, 0.15) is 11.9 Å². The molecule has 7 heteroatoms. The van der Waals surface area contributed by atoms with Gasteiger partial charge in [0.2, 0.25) is 0 Å². The van der Waals surface area contributed by atoms with Gasteiger partial charge in [-0.3, -0.25) is 19.8 Å². The number of nitrogens with zero attached hydrogens (tertiary/aromatic N) is 2. The maximum absolute atomic E-state index is 13.1. The fourth-order valence-corrected chi connectivity index (χ4v) is 1.45. The van der Waals surface area contributed by atoms with Crippen LogP contribution in [0.2, 0.25) is 0 Å². The van der Waals surface area contributed by atoms with Crippen LogP contribution in [-0.2, 0) is 11.3 Å². The number of carboxylic acids is 1. The Bertz CT molecular complexity index is 478. The van der Waals surface area contributed by atoms with E-state index in [1.165, 1.54) is 18.9 Å². The summed E-state index contributed by atoms with van der Waals surface area (Å²) >= 11 is 0. The molecule has 0 aliphatic rings. The first-order valence-electron chi connectivity index (χ1n) is 5.18. The minimum atomic E-state index is -1.04. The summed E-state index contributed by atoms with van der Waals surface area (Å²) < 4.78 is 13.1. The molecule has 18 heavy (non-hydrogen) atoms. The van der Waals surface area contributed by atoms with Gasteiger partial charge in [-0.15, -0.1) is 0 Å². The first-order chi connectivity index (χ1) is 8.32. The smallest absolute Gasteiger partial charge is 0.320 e. The standard InChI is InChI=1S/C11H13FN2O4/c1-7(11(15)16)13(2)6-8-5-9(12)3-4-10(8)14(17)18/h3-5,7H,6H2,1-2H3,(H,15,16).